The number of hydrogen-bond acceptors (Lipinski definition) is 3. The predicted octanol–water partition coefficient (Wildman–Crippen LogP) is 4.28. The first-order valence-electron chi connectivity index (χ1n) is 6.11. The molecule has 1 unspecified atom stereocenters. The molecule has 19 heavy (non-hydrogen) atoms. The monoisotopic (exact) mass is 315 g/mol. The molecule has 3 nitrogen and oxygen atoms in total. The van der Waals surface area contributed by atoms with Gasteiger partial charge in [-0.2, -0.15) is 5.26 Å². The van der Waals surface area contributed by atoms with Gasteiger partial charge in [-0.3, -0.25) is 0 Å². The van der Waals surface area contributed by atoms with E-state index in [0.29, 0.717) is 5.69 Å². The Hall–Kier alpha value is -1.86. The molecular formula is C15H14BrN3. The van der Waals surface area contributed by atoms with Gasteiger partial charge < -0.3 is 5.32 Å². The number of nitrogens with zero attached hydrogens (tertiary/aromatic N) is 2. The van der Waals surface area contributed by atoms with Gasteiger partial charge in [-0.25, -0.2) is 4.98 Å². The average molecular weight is 316 g/mol. The molecule has 96 valence electrons. The van der Waals surface area contributed by atoms with E-state index < -0.39 is 0 Å². The van der Waals surface area contributed by atoms with Crippen LogP contribution in [0, 0.1) is 11.3 Å². The average Bonchev–Trinajstić information content (AvgIpc) is 2.46. The fraction of sp³-hybridized carbons (Fsp3) is 0.200. The summed E-state index contributed by atoms with van der Waals surface area (Å²) < 4.78 is 1.08. The Labute approximate surface area is 121 Å². The SMILES string of the molecule is CCC(Nc1ccc(C#N)nc1)c1ccc(Br)cc1. The Morgan fingerprint density at radius 2 is 2.00 bits per heavy atom. The first kappa shape index (κ1) is 13.6. The topological polar surface area (TPSA) is 48.7 Å². The number of rotatable bonds is 4. The molecule has 0 aliphatic heterocycles. The molecule has 0 aliphatic carbocycles. The molecule has 0 radical (unpaired) electrons. The molecule has 2 rings (SSSR count). The lowest BCUT2D eigenvalue weighted by Gasteiger charge is -2.18. The van der Waals surface area contributed by atoms with Gasteiger partial charge in [0.15, 0.2) is 0 Å². The van der Waals surface area contributed by atoms with Crippen LogP contribution in [0.15, 0.2) is 47.1 Å². The summed E-state index contributed by atoms with van der Waals surface area (Å²) in [5.74, 6) is 0. The van der Waals surface area contributed by atoms with Crippen LogP contribution >= 0.6 is 15.9 Å². The van der Waals surface area contributed by atoms with Crippen LogP contribution in [0.3, 0.4) is 0 Å². The number of nitrogens with one attached hydrogen (secondary N) is 1. The van der Waals surface area contributed by atoms with Crippen LogP contribution in [-0.4, -0.2) is 4.98 Å². The molecule has 1 aromatic heterocycles. The second-order valence-corrected chi connectivity index (χ2v) is 5.12. The normalized spacial score (nSPS) is 11.6. The van der Waals surface area contributed by atoms with Crippen molar-refractivity contribution in [3.05, 3.63) is 58.3 Å². The molecule has 0 fully saturated rings. The summed E-state index contributed by atoms with van der Waals surface area (Å²) in [5.41, 5.74) is 2.59. The highest BCUT2D eigenvalue weighted by Gasteiger charge is 2.09. The molecule has 1 atom stereocenters. The van der Waals surface area contributed by atoms with E-state index in [1.165, 1.54) is 5.56 Å². The third-order valence-electron chi connectivity index (χ3n) is 2.90. The third kappa shape index (κ3) is 3.55. The van der Waals surface area contributed by atoms with E-state index in [4.69, 9.17) is 5.26 Å². The van der Waals surface area contributed by atoms with Crippen LogP contribution in [0.1, 0.15) is 30.6 Å². The number of aromatic nitrogens is 1. The number of halogens is 1. The first-order chi connectivity index (χ1) is 9.22. The highest BCUT2D eigenvalue weighted by Crippen LogP contribution is 2.23. The largest absolute Gasteiger partial charge is 0.377 e. The Balaban J connectivity index is 2.14. The number of nitriles is 1. The minimum Gasteiger partial charge on any atom is -0.377 e. The van der Waals surface area contributed by atoms with Gasteiger partial charge >= 0.3 is 0 Å². The van der Waals surface area contributed by atoms with Crippen molar-refractivity contribution in [3.8, 4) is 6.07 Å². The van der Waals surface area contributed by atoms with E-state index >= 15 is 0 Å². The van der Waals surface area contributed by atoms with Crippen LogP contribution in [0.2, 0.25) is 0 Å². The number of pyridine rings is 1. The van der Waals surface area contributed by atoms with Crippen LogP contribution in [-0.2, 0) is 0 Å². The quantitative estimate of drug-likeness (QED) is 0.916. The van der Waals surface area contributed by atoms with Gasteiger partial charge in [0, 0.05) is 4.47 Å². The van der Waals surface area contributed by atoms with E-state index in [9.17, 15) is 0 Å². The van der Waals surface area contributed by atoms with Crippen molar-refractivity contribution in [3.63, 3.8) is 0 Å². The number of anilines is 1. The minimum atomic E-state index is 0.239. The van der Waals surface area contributed by atoms with Gasteiger partial charge in [0.2, 0.25) is 0 Å². The first-order valence-corrected chi connectivity index (χ1v) is 6.90. The zero-order chi connectivity index (χ0) is 13.7. The number of hydrogen-bond donors (Lipinski definition) is 1. The molecule has 0 aliphatic rings. The Kier molecular flexibility index (Phi) is 4.53. The Bertz CT molecular complexity index is 570. The summed E-state index contributed by atoms with van der Waals surface area (Å²) in [7, 11) is 0. The maximum Gasteiger partial charge on any atom is 0.140 e. The lowest BCUT2D eigenvalue weighted by atomic mass is 10.0. The third-order valence-corrected chi connectivity index (χ3v) is 3.43. The summed E-state index contributed by atoms with van der Waals surface area (Å²) >= 11 is 3.44. The van der Waals surface area contributed by atoms with Crippen molar-refractivity contribution in [2.45, 2.75) is 19.4 Å². The van der Waals surface area contributed by atoms with Crippen molar-refractivity contribution in [2.75, 3.05) is 5.32 Å². The molecule has 0 saturated heterocycles. The molecule has 0 saturated carbocycles. The van der Waals surface area contributed by atoms with Gasteiger partial charge in [-0.05, 0) is 36.2 Å². The van der Waals surface area contributed by atoms with Gasteiger partial charge in [0.25, 0.3) is 0 Å². The summed E-state index contributed by atoms with van der Waals surface area (Å²) in [6, 6.07) is 14.1. The summed E-state index contributed by atoms with van der Waals surface area (Å²) in [6.45, 7) is 2.14. The highest BCUT2D eigenvalue weighted by atomic mass is 79.9. The van der Waals surface area contributed by atoms with E-state index in [2.05, 4.69) is 45.3 Å². The molecular weight excluding hydrogens is 302 g/mol. The minimum absolute atomic E-state index is 0.239. The molecule has 4 heteroatoms. The molecule has 1 N–H and O–H groups in total. The van der Waals surface area contributed by atoms with E-state index in [1.54, 1.807) is 12.3 Å². The summed E-state index contributed by atoms with van der Waals surface area (Å²) in [4.78, 5) is 4.06. The highest BCUT2D eigenvalue weighted by molar-refractivity contribution is 9.10. The van der Waals surface area contributed by atoms with Crippen LogP contribution in [0.5, 0.6) is 0 Å². The van der Waals surface area contributed by atoms with Gasteiger partial charge in [0.1, 0.15) is 11.8 Å². The van der Waals surface area contributed by atoms with Crippen LogP contribution in [0.25, 0.3) is 0 Å². The smallest absolute Gasteiger partial charge is 0.140 e. The molecule has 1 aromatic carbocycles. The standard InChI is InChI=1S/C15H14BrN3/c1-2-15(11-3-5-12(16)6-4-11)19-14-8-7-13(9-17)18-10-14/h3-8,10,15,19H,2H2,1H3. The second-order valence-electron chi connectivity index (χ2n) is 4.20. The Morgan fingerprint density at radius 1 is 1.26 bits per heavy atom. The molecule has 1 heterocycles. The summed E-state index contributed by atoms with van der Waals surface area (Å²) in [6.07, 6.45) is 2.67. The lowest BCUT2D eigenvalue weighted by Crippen LogP contribution is -2.09. The maximum atomic E-state index is 8.72. The van der Waals surface area contributed by atoms with Crippen molar-refractivity contribution in [1.82, 2.24) is 4.98 Å². The zero-order valence-corrected chi connectivity index (χ0v) is 12.2. The lowest BCUT2D eigenvalue weighted by molar-refractivity contribution is 0.748. The van der Waals surface area contributed by atoms with E-state index in [-0.39, 0.29) is 6.04 Å². The molecule has 0 bridgehead atoms. The van der Waals surface area contributed by atoms with Crippen molar-refractivity contribution in [1.29, 1.82) is 5.26 Å². The summed E-state index contributed by atoms with van der Waals surface area (Å²) in [5, 5.41) is 12.2. The van der Waals surface area contributed by atoms with E-state index in [1.807, 2.05) is 24.3 Å². The zero-order valence-electron chi connectivity index (χ0n) is 10.6. The van der Waals surface area contributed by atoms with Gasteiger partial charge in [-0.15, -0.1) is 0 Å². The van der Waals surface area contributed by atoms with Crippen molar-refractivity contribution < 1.29 is 0 Å². The molecule has 0 spiro atoms. The fourth-order valence-corrected chi connectivity index (χ4v) is 2.13. The van der Waals surface area contributed by atoms with E-state index in [0.717, 1.165) is 16.6 Å². The van der Waals surface area contributed by atoms with Crippen LogP contribution < -0.4 is 5.32 Å². The second kappa shape index (κ2) is 6.35. The fourth-order valence-electron chi connectivity index (χ4n) is 1.86. The maximum absolute atomic E-state index is 8.72. The van der Waals surface area contributed by atoms with Gasteiger partial charge in [-0.1, -0.05) is 35.0 Å². The van der Waals surface area contributed by atoms with Crippen LogP contribution in [0.4, 0.5) is 5.69 Å². The predicted molar refractivity (Wildman–Crippen MR) is 79.7 cm³/mol. The van der Waals surface area contributed by atoms with Gasteiger partial charge in [0.05, 0.1) is 17.9 Å². The van der Waals surface area contributed by atoms with Crippen molar-refractivity contribution >= 4 is 21.6 Å². The molecule has 0 amide bonds. The number of benzene rings is 1. The van der Waals surface area contributed by atoms with Crippen molar-refractivity contribution in [2.24, 2.45) is 0 Å². The molecule has 2 aromatic rings. The Morgan fingerprint density at radius 3 is 2.53 bits per heavy atom.